The molecule has 0 aliphatic carbocycles. The molecule has 1 aromatic heterocycles. The molecule has 0 bridgehead atoms. The van der Waals surface area contributed by atoms with Crippen LogP contribution in [0.3, 0.4) is 0 Å². The summed E-state index contributed by atoms with van der Waals surface area (Å²) in [6.07, 6.45) is 1.74. The number of carbonyl (C=O) groups is 1. The van der Waals surface area contributed by atoms with Gasteiger partial charge in [0.25, 0.3) is 0 Å². The molecule has 3 N–H and O–H groups in total. The van der Waals surface area contributed by atoms with Crippen molar-refractivity contribution >= 4 is 11.7 Å². The van der Waals surface area contributed by atoms with Crippen LogP contribution in [0.2, 0.25) is 0 Å². The highest BCUT2D eigenvalue weighted by molar-refractivity contribution is 5.91. The predicted octanol–water partition coefficient (Wildman–Crippen LogP) is 1.22. The molecule has 4 heteroatoms. The third kappa shape index (κ3) is 2.60. The molecule has 0 aliphatic rings. The quantitative estimate of drug-likeness (QED) is 0.677. The summed E-state index contributed by atoms with van der Waals surface area (Å²) in [5.74, 6) is 0.298. The molecule has 1 heterocycles. The Balaban J connectivity index is 2.56. The Labute approximate surface area is 83.3 Å². The number of hydrogen-bond donors (Lipinski definition) is 3. The Bertz CT molecular complexity index is 280. The Kier molecular flexibility index (Phi) is 3.71. The zero-order valence-corrected chi connectivity index (χ0v) is 8.45. The van der Waals surface area contributed by atoms with Crippen LogP contribution in [0.15, 0.2) is 18.3 Å². The number of amides is 1. The fraction of sp³-hybridized carbons (Fsp3) is 0.500. The van der Waals surface area contributed by atoms with E-state index >= 15 is 0 Å². The Hall–Kier alpha value is -1.29. The lowest BCUT2D eigenvalue weighted by Gasteiger charge is -2.16. The highest BCUT2D eigenvalue weighted by atomic mass is 16.3. The van der Waals surface area contributed by atoms with E-state index in [0.29, 0.717) is 5.82 Å². The summed E-state index contributed by atoms with van der Waals surface area (Å²) in [6, 6.07) is 3.58. The zero-order valence-electron chi connectivity index (χ0n) is 8.45. The van der Waals surface area contributed by atoms with Crippen molar-refractivity contribution in [2.24, 2.45) is 11.8 Å². The minimum atomic E-state index is -0.349. The zero-order chi connectivity index (χ0) is 10.6. The molecule has 1 rings (SSSR count). The lowest BCUT2D eigenvalue weighted by molar-refractivity contribution is -0.122. The van der Waals surface area contributed by atoms with E-state index in [1.165, 1.54) is 0 Å². The van der Waals surface area contributed by atoms with Gasteiger partial charge in [0.2, 0.25) is 5.91 Å². The van der Waals surface area contributed by atoms with Crippen molar-refractivity contribution in [3.63, 3.8) is 0 Å². The van der Waals surface area contributed by atoms with Gasteiger partial charge < -0.3 is 15.4 Å². The summed E-state index contributed by atoms with van der Waals surface area (Å²) in [5.41, 5.74) is 0. The summed E-state index contributed by atoms with van der Waals surface area (Å²) in [5, 5.41) is 11.7. The van der Waals surface area contributed by atoms with E-state index in [-0.39, 0.29) is 24.3 Å². The standard InChI is InChI=1S/C10H16N2O2/c1-7(2)8(6-13)10(14)12-9-4-3-5-11-9/h3-5,7-8,11,13H,6H2,1-2H3,(H,12,14). The number of hydrogen-bond acceptors (Lipinski definition) is 2. The van der Waals surface area contributed by atoms with Crippen LogP contribution in [0.25, 0.3) is 0 Å². The van der Waals surface area contributed by atoms with Crippen LogP contribution < -0.4 is 5.32 Å². The summed E-state index contributed by atoms with van der Waals surface area (Å²) in [4.78, 5) is 14.5. The number of H-pyrrole nitrogens is 1. The van der Waals surface area contributed by atoms with Crippen LogP contribution in [0, 0.1) is 11.8 Å². The molecule has 1 atom stereocenters. The lowest BCUT2D eigenvalue weighted by atomic mass is 9.96. The number of aliphatic hydroxyl groups is 1. The summed E-state index contributed by atoms with van der Waals surface area (Å²) in [7, 11) is 0. The van der Waals surface area contributed by atoms with Gasteiger partial charge in [-0.3, -0.25) is 4.79 Å². The molecular weight excluding hydrogens is 180 g/mol. The molecule has 4 nitrogen and oxygen atoms in total. The summed E-state index contributed by atoms with van der Waals surface area (Å²) < 4.78 is 0. The van der Waals surface area contributed by atoms with Gasteiger partial charge in [-0.1, -0.05) is 13.8 Å². The van der Waals surface area contributed by atoms with Crippen molar-refractivity contribution in [2.75, 3.05) is 11.9 Å². The van der Waals surface area contributed by atoms with Crippen LogP contribution >= 0.6 is 0 Å². The third-order valence-electron chi connectivity index (χ3n) is 2.19. The fourth-order valence-corrected chi connectivity index (χ4v) is 1.23. The highest BCUT2D eigenvalue weighted by Gasteiger charge is 2.21. The van der Waals surface area contributed by atoms with Gasteiger partial charge in [-0.2, -0.15) is 0 Å². The highest BCUT2D eigenvalue weighted by Crippen LogP contribution is 2.12. The van der Waals surface area contributed by atoms with E-state index in [0.717, 1.165) is 0 Å². The molecule has 78 valence electrons. The molecule has 0 spiro atoms. The second kappa shape index (κ2) is 4.81. The monoisotopic (exact) mass is 196 g/mol. The fourth-order valence-electron chi connectivity index (χ4n) is 1.23. The van der Waals surface area contributed by atoms with Crippen molar-refractivity contribution < 1.29 is 9.90 Å². The molecular formula is C10H16N2O2. The lowest BCUT2D eigenvalue weighted by Crippen LogP contribution is -2.29. The van der Waals surface area contributed by atoms with Gasteiger partial charge in [-0.25, -0.2) is 0 Å². The molecule has 0 radical (unpaired) electrons. The second-order valence-electron chi connectivity index (χ2n) is 3.61. The van der Waals surface area contributed by atoms with Crippen molar-refractivity contribution in [3.8, 4) is 0 Å². The number of anilines is 1. The molecule has 0 saturated carbocycles. The topological polar surface area (TPSA) is 65.1 Å². The van der Waals surface area contributed by atoms with Crippen molar-refractivity contribution in [2.45, 2.75) is 13.8 Å². The van der Waals surface area contributed by atoms with Gasteiger partial charge in [0, 0.05) is 6.20 Å². The van der Waals surface area contributed by atoms with Crippen molar-refractivity contribution in [1.29, 1.82) is 0 Å². The van der Waals surface area contributed by atoms with E-state index in [9.17, 15) is 4.79 Å². The van der Waals surface area contributed by atoms with E-state index < -0.39 is 0 Å². The maximum absolute atomic E-state index is 11.6. The minimum absolute atomic E-state index is 0.121. The van der Waals surface area contributed by atoms with Crippen LogP contribution in [-0.2, 0) is 4.79 Å². The maximum atomic E-state index is 11.6. The number of carbonyl (C=O) groups excluding carboxylic acids is 1. The minimum Gasteiger partial charge on any atom is -0.396 e. The van der Waals surface area contributed by atoms with E-state index in [1.54, 1.807) is 18.3 Å². The van der Waals surface area contributed by atoms with Crippen LogP contribution in [0.1, 0.15) is 13.8 Å². The van der Waals surface area contributed by atoms with Crippen LogP contribution in [0.5, 0.6) is 0 Å². The van der Waals surface area contributed by atoms with E-state index in [2.05, 4.69) is 10.3 Å². The average molecular weight is 196 g/mol. The summed E-state index contributed by atoms with van der Waals surface area (Å²) in [6.45, 7) is 3.70. The predicted molar refractivity (Wildman–Crippen MR) is 54.8 cm³/mol. The Morgan fingerprint density at radius 3 is 2.79 bits per heavy atom. The maximum Gasteiger partial charge on any atom is 0.231 e. The molecule has 0 aliphatic heterocycles. The third-order valence-corrected chi connectivity index (χ3v) is 2.19. The average Bonchev–Trinajstić information content (AvgIpc) is 2.57. The first kappa shape index (κ1) is 10.8. The molecule has 1 aromatic rings. The largest absolute Gasteiger partial charge is 0.396 e. The first-order valence-corrected chi connectivity index (χ1v) is 4.70. The van der Waals surface area contributed by atoms with Crippen LogP contribution in [0.4, 0.5) is 5.82 Å². The van der Waals surface area contributed by atoms with Gasteiger partial charge in [0.05, 0.1) is 12.5 Å². The van der Waals surface area contributed by atoms with Gasteiger partial charge in [-0.15, -0.1) is 0 Å². The number of rotatable bonds is 4. The smallest absolute Gasteiger partial charge is 0.231 e. The molecule has 0 aromatic carbocycles. The number of aliphatic hydroxyl groups excluding tert-OH is 1. The van der Waals surface area contributed by atoms with Crippen molar-refractivity contribution in [3.05, 3.63) is 18.3 Å². The number of nitrogens with one attached hydrogen (secondary N) is 2. The Morgan fingerprint density at radius 2 is 2.36 bits per heavy atom. The van der Waals surface area contributed by atoms with Gasteiger partial charge in [0.1, 0.15) is 5.82 Å². The van der Waals surface area contributed by atoms with Gasteiger partial charge in [0.15, 0.2) is 0 Å². The number of aromatic amines is 1. The van der Waals surface area contributed by atoms with Gasteiger partial charge in [-0.05, 0) is 18.1 Å². The second-order valence-corrected chi connectivity index (χ2v) is 3.61. The first-order chi connectivity index (χ1) is 6.65. The SMILES string of the molecule is CC(C)C(CO)C(=O)Nc1ccc[nH]1. The van der Waals surface area contributed by atoms with Crippen molar-refractivity contribution in [1.82, 2.24) is 4.98 Å². The van der Waals surface area contributed by atoms with Gasteiger partial charge >= 0.3 is 0 Å². The van der Waals surface area contributed by atoms with Crippen LogP contribution in [-0.4, -0.2) is 22.6 Å². The first-order valence-electron chi connectivity index (χ1n) is 4.70. The molecule has 0 fully saturated rings. The normalized spacial score (nSPS) is 12.9. The molecule has 14 heavy (non-hydrogen) atoms. The summed E-state index contributed by atoms with van der Waals surface area (Å²) >= 11 is 0. The molecule has 1 amide bonds. The molecule has 1 unspecified atom stereocenters. The molecule has 0 saturated heterocycles. The Morgan fingerprint density at radius 1 is 1.64 bits per heavy atom. The van der Waals surface area contributed by atoms with E-state index in [1.807, 2.05) is 13.8 Å². The number of aromatic nitrogens is 1. The van der Waals surface area contributed by atoms with E-state index in [4.69, 9.17) is 5.11 Å².